The number of piperidine rings is 1. The smallest absolute Gasteiger partial charge is 0.181 e. The van der Waals surface area contributed by atoms with E-state index in [0.717, 1.165) is 51.5 Å². The summed E-state index contributed by atoms with van der Waals surface area (Å²) in [7, 11) is 0. The Labute approximate surface area is 113 Å². The summed E-state index contributed by atoms with van der Waals surface area (Å²) >= 11 is 0. The second-order valence-electron chi connectivity index (χ2n) is 5.64. The van der Waals surface area contributed by atoms with Crippen LogP contribution in [-0.2, 0) is 16.0 Å². The Hall–Kier alpha value is -0.980. The first-order valence-corrected chi connectivity index (χ1v) is 7.07. The zero-order valence-corrected chi connectivity index (χ0v) is 11.7. The van der Waals surface area contributed by atoms with Crippen molar-refractivity contribution in [2.75, 3.05) is 26.3 Å². The summed E-state index contributed by atoms with van der Waals surface area (Å²) < 4.78 is 13.6. The molecule has 0 atom stereocenters. The minimum Gasteiger partial charge on any atom is -0.346 e. The van der Waals surface area contributed by atoms with Crippen LogP contribution in [0.3, 0.4) is 0 Å². The fourth-order valence-corrected chi connectivity index (χ4v) is 2.96. The van der Waals surface area contributed by atoms with Crippen LogP contribution < -0.4 is 0 Å². The molecule has 1 aromatic rings. The van der Waals surface area contributed by atoms with Gasteiger partial charge < -0.3 is 9.47 Å². The lowest BCUT2D eigenvalue weighted by Crippen LogP contribution is -2.48. The molecule has 0 radical (unpaired) electrons. The predicted octanol–water partition coefficient (Wildman–Crippen LogP) is 1.20. The highest BCUT2D eigenvalue weighted by Crippen LogP contribution is 2.30. The van der Waals surface area contributed by atoms with E-state index in [0.29, 0.717) is 6.04 Å². The van der Waals surface area contributed by atoms with Crippen LogP contribution >= 0.6 is 0 Å². The molecule has 2 saturated heterocycles. The third-order valence-corrected chi connectivity index (χ3v) is 3.81. The minimum atomic E-state index is -0.360. The molecule has 106 valence electrons. The predicted molar refractivity (Wildman–Crippen MR) is 69.6 cm³/mol. The number of ether oxygens (including phenoxy) is 2. The van der Waals surface area contributed by atoms with Crippen LogP contribution in [0, 0.1) is 0 Å². The van der Waals surface area contributed by atoms with E-state index in [9.17, 15) is 0 Å². The first-order valence-electron chi connectivity index (χ1n) is 7.07. The number of hydrogen-bond donors (Lipinski definition) is 0. The van der Waals surface area contributed by atoms with Gasteiger partial charge in [0.05, 0.1) is 26.3 Å². The van der Waals surface area contributed by atoms with Gasteiger partial charge in [0.15, 0.2) is 5.79 Å². The highest BCUT2D eigenvalue weighted by atomic mass is 16.7. The normalized spacial score (nSPS) is 23.5. The number of aromatic nitrogens is 3. The van der Waals surface area contributed by atoms with Crippen molar-refractivity contribution in [1.82, 2.24) is 19.7 Å². The van der Waals surface area contributed by atoms with Crippen molar-refractivity contribution in [2.45, 2.75) is 45.1 Å². The maximum atomic E-state index is 5.80. The first-order chi connectivity index (χ1) is 9.19. The van der Waals surface area contributed by atoms with Crippen LogP contribution in [0.1, 0.15) is 38.6 Å². The lowest BCUT2D eigenvalue weighted by Gasteiger charge is -2.38. The monoisotopic (exact) mass is 266 g/mol. The van der Waals surface area contributed by atoms with Crippen molar-refractivity contribution < 1.29 is 9.47 Å². The van der Waals surface area contributed by atoms with Gasteiger partial charge in [0.2, 0.25) is 0 Å². The molecular formula is C13H22N4O2. The molecule has 0 N–H and O–H groups in total. The number of rotatable bonds is 3. The summed E-state index contributed by atoms with van der Waals surface area (Å²) in [6.07, 6.45) is 3.74. The Morgan fingerprint density at radius 2 is 2.16 bits per heavy atom. The molecule has 0 aliphatic carbocycles. The average Bonchev–Trinajstić information content (AvgIpc) is 2.99. The van der Waals surface area contributed by atoms with E-state index in [-0.39, 0.29) is 5.79 Å². The van der Waals surface area contributed by atoms with E-state index in [1.54, 1.807) is 6.33 Å². The van der Waals surface area contributed by atoms with Crippen LogP contribution in [0.4, 0.5) is 0 Å². The quantitative estimate of drug-likeness (QED) is 0.823. The van der Waals surface area contributed by atoms with E-state index >= 15 is 0 Å². The highest BCUT2D eigenvalue weighted by molar-refractivity contribution is 4.90. The SMILES string of the molecule is CC(C)n1ncnc1CN1CCCC2(C1)OCCO2. The number of nitrogens with zero attached hydrogens (tertiary/aromatic N) is 4. The standard InChI is InChI=1S/C13H22N4O2/c1-11(2)17-12(14-10-15-17)8-16-5-3-4-13(9-16)18-6-7-19-13/h10-11H,3-9H2,1-2H3. The Morgan fingerprint density at radius 3 is 2.89 bits per heavy atom. The van der Waals surface area contributed by atoms with Crippen molar-refractivity contribution in [1.29, 1.82) is 0 Å². The molecule has 0 amide bonds. The van der Waals surface area contributed by atoms with Gasteiger partial charge in [-0.3, -0.25) is 4.90 Å². The maximum Gasteiger partial charge on any atom is 0.181 e. The van der Waals surface area contributed by atoms with Crippen molar-refractivity contribution in [2.24, 2.45) is 0 Å². The van der Waals surface area contributed by atoms with Gasteiger partial charge in [-0.05, 0) is 26.8 Å². The molecule has 6 nitrogen and oxygen atoms in total. The summed E-state index contributed by atoms with van der Waals surface area (Å²) in [5, 5.41) is 4.29. The van der Waals surface area contributed by atoms with Gasteiger partial charge in [0.1, 0.15) is 12.2 Å². The topological polar surface area (TPSA) is 52.4 Å². The summed E-state index contributed by atoms with van der Waals surface area (Å²) in [5.74, 6) is 0.658. The Bertz CT molecular complexity index is 426. The van der Waals surface area contributed by atoms with Gasteiger partial charge in [0.25, 0.3) is 0 Å². The molecular weight excluding hydrogens is 244 g/mol. The largest absolute Gasteiger partial charge is 0.346 e. The summed E-state index contributed by atoms with van der Waals surface area (Å²) in [6.45, 7) is 8.40. The van der Waals surface area contributed by atoms with Crippen molar-refractivity contribution in [3.05, 3.63) is 12.2 Å². The molecule has 0 unspecified atom stereocenters. The van der Waals surface area contributed by atoms with E-state index in [2.05, 4.69) is 28.8 Å². The number of hydrogen-bond acceptors (Lipinski definition) is 5. The molecule has 3 rings (SSSR count). The molecule has 2 aliphatic rings. The Kier molecular flexibility index (Phi) is 3.56. The van der Waals surface area contributed by atoms with Gasteiger partial charge in [-0.25, -0.2) is 9.67 Å². The fraction of sp³-hybridized carbons (Fsp3) is 0.846. The van der Waals surface area contributed by atoms with E-state index in [4.69, 9.17) is 9.47 Å². The first kappa shape index (κ1) is 13.0. The number of likely N-dealkylation sites (tertiary alicyclic amines) is 1. The van der Waals surface area contributed by atoms with E-state index in [1.165, 1.54) is 0 Å². The lowest BCUT2D eigenvalue weighted by molar-refractivity contribution is -0.190. The zero-order chi connectivity index (χ0) is 13.3. The van der Waals surface area contributed by atoms with Crippen LogP contribution in [0.25, 0.3) is 0 Å². The fourth-order valence-electron chi connectivity index (χ4n) is 2.96. The van der Waals surface area contributed by atoms with Gasteiger partial charge in [-0.1, -0.05) is 0 Å². The van der Waals surface area contributed by atoms with Gasteiger partial charge in [0, 0.05) is 12.5 Å². The second-order valence-corrected chi connectivity index (χ2v) is 5.64. The van der Waals surface area contributed by atoms with E-state index in [1.807, 2.05) is 4.68 Å². The molecule has 0 bridgehead atoms. The Morgan fingerprint density at radius 1 is 1.37 bits per heavy atom. The van der Waals surface area contributed by atoms with Crippen LogP contribution in [-0.4, -0.2) is 51.8 Å². The van der Waals surface area contributed by atoms with Gasteiger partial charge >= 0.3 is 0 Å². The maximum absolute atomic E-state index is 5.80. The molecule has 1 aromatic heterocycles. The van der Waals surface area contributed by atoms with Crippen molar-refractivity contribution in [3.63, 3.8) is 0 Å². The van der Waals surface area contributed by atoms with Gasteiger partial charge in [-0.2, -0.15) is 5.10 Å². The molecule has 0 saturated carbocycles. The molecule has 2 fully saturated rings. The summed E-state index contributed by atoms with van der Waals surface area (Å²) in [6, 6.07) is 0.343. The molecule has 1 spiro atoms. The highest BCUT2D eigenvalue weighted by Gasteiger charge is 2.40. The molecule has 3 heterocycles. The second kappa shape index (κ2) is 5.19. The van der Waals surface area contributed by atoms with Crippen molar-refractivity contribution >= 4 is 0 Å². The minimum absolute atomic E-state index is 0.343. The molecule has 0 aromatic carbocycles. The zero-order valence-electron chi connectivity index (χ0n) is 11.7. The Balaban J connectivity index is 1.67. The third kappa shape index (κ3) is 2.66. The van der Waals surface area contributed by atoms with Crippen LogP contribution in [0.2, 0.25) is 0 Å². The lowest BCUT2D eigenvalue weighted by atomic mass is 10.0. The van der Waals surface area contributed by atoms with Crippen LogP contribution in [0.5, 0.6) is 0 Å². The van der Waals surface area contributed by atoms with E-state index < -0.39 is 0 Å². The molecule has 19 heavy (non-hydrogen) atoms. The summed E-state index contributed by atoms with van der Waals surface area (Å²) in [5.41, 5.74) is 0. The molecule has 6 heteroatoms. The average molecular weight is 266 g/mol. The third-order valence-electron chi connectivity index (χ3n) is 3.81. The van der Waals surface area contributed by atoms with Gasteiger partial charge in [-0.15, -0.1) is 0 Å². The summed E-state index contributed by atoms with van der Waals surface area (Å²) in [4.78, 5) is 6.73. The van der Waals surface area contributed by atoms with Crippen molar-refractivity contribution in [3.8, 4) is 0 Å². The molecule has 2 aliphatic heterocycles. The van der Waals surface area contributed by atoms with Crippen LogP contribution in [0.15, 0.2) is 6.33 Å².